The van der Waals surface area contributed by atoms with Crippen LogP contribution < -0.4 is 15.4 Å². The zero-order valence-corrected chi connectivity index (χ0v) is 12.0. The molecular formula is C16H21N3O. The van der Waals surface area contributed by atoms with Crippen LogP contribution in [0, 0.1) is 0 Å². The van der Waals surface area contributed by atoms with Gasteiger partial charge in [-0.15, -0.1) is 0 Å². The van der Waals surface area contributed by atoms with Crippen molar-refractivity contribution in [3.63, 3.8) is 0 Å². The van der Waals surface area contributed by atoms with Crippen LogP contribution in [0.4, 0.5) is 5.69 Å². The van der Waals surface area contributed by atoms with Gasteiger partial charge >= 0.3 is 0 Å². The van der Waals surface area contributed by atoms with Crippen molar-refractivity contribution >= 4 is 5.69 Å². The van der Waals surface area contributed by atoms with E-state index in [0.717, 1.165) is 24.3 Å². The van der Waals surface area contributed by atoms with E-state index >= 15 is 0 Å². The Hall–Kier alpha value is -2.07. The second-order valence-corrected chi connectivity index (χ2v) is 4.56. The maximum absolute atomic E-state index is 5.63. The summed E-state index contributed by atoms with van der Waals surface area (Å²) >= 11 is 0. The molecule has 4 heteroatoms. The predicted octanol–water partition coefficient (Wildman–Crippen LogP) is 2.58. The Balaban J connectivity index is 2.14. The van der Waals surface area contributed by atoms with E-state index in [1.54, 1.807) is 7.11 Å². The van der Waals surface area contributed by atoms with Gasteiger partial charge in [-0.05, 0) is 30.7 Å². The molecular weight excluding hydrogens is 250 g/mol. The number of methoxy groups -OCH3 is 1. The Morgan fingerprint density at radius 1 is 1.15 bits per heavy atom. The molecule has 106 valence electrons. The van der Waals surface area contributed by atoms with Gasteiger partial charge in [-0.1, -0.05) is 18.2 Å². The zero-order valence-electron chi connectivity index (χ0n) is 12.0. The molecule has 1 aromatic carbocycles. The third-order valence-electron chi connectivity index (χ3n) is 3.26. The van der Waals surface area contributed by atoms with E-state index < -0.39 is 0 Å². The summed E-state index contributed by atoms with van der Waals surface area (Å²) in [6.07, 6.45) is 0. The van der Waals surface area contributed by atoms with E-state index in [-0.39, 0.29) is 0 Å². The molecule has 1 heterocycles. The molecule has 2 rings (SSSR count). The van der Waals surface area contributed by atoms with Gasteiger partial charge in [0.1, 0.15) is 0 Å². The number of aromatic nitrogens is 1. The molecule has 4 nitrogen and oxygen atoms in total. The van der Waals surface area contributed by atoms with Gasteiger partial charge in [0.25, 0.3) is 0 Å². The quantitative estimate of drug-likeness (QED) is 0.877. The smallest absolute Gasteiger partial charge is 0.213 e. The normalized spacial score (nSPS) is 10.3. The summed E-state index contributed by atoms with van der Waals surface area (Å²) in [6, 6.07) is 14.2. The minimum Gasteiger partial charge on any atom is -0.481 e. The topological polar surface area (TPSA) is 51.4 Å². The van der Waals surface area contributed by atoms with Crippen LogP contribution in [0.1, 0.15) is 18.2 Å². The molecule has 20 heavy (non-hydrogen) atoms. The Kier molecular flexibility index (Phi) is 4.96. The molecule has 0 aliphatic heterocycles. The molecule has 0 fully saturated rings. The van der Waals surface area contributed by atoms with Gasteiger partial charge in [0.05, 0.1) is 19.3 Å². The summed E-state index contributed by atoms with van der Waals surface area (Å²) in [5.74, 6) is 0.650. The Bertz CT molecular complexity index is 540. The van der Waals surface area contributed by atoms with Gasteiger partial charge in [0.2, 0.25) is 5.88 Å². The van der Waals surface area contributed by atoms with Crippen molar-refractivity contribution in [2.75, 3.05) is 18.6 Å². The monoisotopic (exact) mass is 271 g/mol. The largest absolute Gasteiger partial charge is 0.481 e. The van der Waals surface area contributed by atoms with Crippen molar-refractivity contribution in [3.05, 3.63) is 53.7 Å². The van der Waals surface area contributed by atoms with Crippen molar-refractivity contribution in [3.8, 4) is 5.88 Å². The SMILES string of the molecule is CCN(Cc1cccc(OC)n1)c1ccc(CN)cc1. The maximum Gasteiger partial charge on any atom is 0.213 e. The van der Waals surface area contributed by atoms with E-state index in [1.165, 1.54) is 5.69 Å². The first kappa shape index (κ1) is 14.3. The summed E-state index contributed by atoms with van der Waals surface area (Å²) in [5, 5.41) is 0. The fourth-order valence-corrected chi connectivity index (χ4v) is 2.08. The van der Waals surface area contributed by atoms with Gasteiger partial charge < -0.3 is 15.4 Å². The lowest BCUT2D eigenvalue weighted by Crippen LogP contribution is -2.22. The van der Waals surface area contributed by atoms with Crippen molar-refractivity contribution < 1.29 is 4.74 Å². The first-order valence-electron chi connectivity index (χ1n) is 6.80. The molecule has 2 aromatic rings. The summed E-state index contributed by atoms with van der Waals surface area (Å²) in [5.41, 5.74) is 8.94. The molecule has 0 radical (unpaired) electrons. The zero-order chi connectivity index (χ0) is 14.4. The van der Waals surface area contributed by atoms with Crippen LogP contribution in [0.15, 0.2) is 42.5 Å². The van der Waals surface area contributed by atoms with Crippen molar-refractivity contribution in [1.29, 1.82) is 0 Å². The highest BCUT2D eigenvalue weighted by Crippen LogP contribution is 2.18. The summed E-state index contributed by atoms with van der Waals surface area (Å²) in [4.78, 5) is 6.72. The van der Waals surface area contributed by atoms with Crippen LogP contribution in [-0.4, -0.2) is 18.6 Å². The van der Waals surface area contributed by atoms with E-state index in [9.17, 15) is 0 Å². The van der Waals surface area contributed by atoms with Crippen molar-refractivity contribution in [2.45, 2.75) is 20.0 Å². The molecule has 0 saturated carbocycles. The number of rotatable bonds is 6. The number of anilines is 1. The first-order chi connectivity index (χ1) is 9.76. The average molecular weight is 271 g/mol. The second kappa shape index (κ2) is 6.91. The Morgan fingerprint density at radius 2 is 1.90 bits per heavy atom. The first-order valence-corrected chi connectivity index (χ1v) is 6.80. The molecule has 0 amide bonds. The van der Waals surface area contributed by atoms with Gasteiger partial charge in [-0.2, -0.15) is 0 Å². The molecule has 0 bridgehead atoms. The van der Waals surface area contributed by atoms with Crippen LogP contribution in [-0.2, 0) is 13.1 Å². The number of nitrogens with zero attached hydrogens (tertiary/aromatic N) is 2. The van der Waals surface area contributed by atoms with Gasteiger partial charge in [-0.3, -0.25) is 0 Å². The van der Waals surface area contributed by atoms with E-state index in [1.807, 2.05) is 18.2 Å². The maximum atomic E-state index is 5.63. The van der Waals surface area contributed by atoms with E-state index in [0.29, 0.717) is 12.4 Å². The third kappa shape index (κ3) is 3.48. The molecule has 0 spiro atoms. The van der Waals surface area contributed by atoms with Gasteiger partial charge in [-0.25, -0.2) is 4.98 Å². The molecule has 0 aliphatic rings. The Labute approximate surface area is 120 Å². The number of ether oxygens (including phenoxy) is 1. The Morgan fingerprint density at radius 3 is 2.50 bits per heavy atom. The highest BCUT2D eigenvalue weighted by molar-refractivity contribution is 5.47. The average Bonchev–Trinajstić information content (AvgIpc) is 2.53. The van der Waals surface area contributed by atoms with Crippen LogP contribution in [0.25, 0.3) is 0 Å². The summed E-state index contributed by atoms with van der Waals surface area (Å²) in [7, 11) is 1.63. The lowest BCUT2D eigenvalue weighted by atomic mass is 10.2. The van der Waals surface area contributed by atoms with Crippen molar-refractivity contribution in [2.24, 2.45) is 5.73 Å². The second-order valence-electron chi connectivity index (χ2n) is 4.56. The molecule has 0 unspecified atom stereocenters. The summed E-state index contributed by atoms with van der Waals surface area (Å²) < 4.78 is 5.16. The van der Waals surface area contributed by atoms with Crippen LogP contribution in [0.2, 0.25) is 0 Å². The highest BCUT2D eigenvalue weighted by Gasteiger charge is 2.07. The molecule has 2 N–H and O–H groups in total. The molecule has 0 atom stereocenters. The molecule has 0 aliphatic carbocycles. The fourth-order valence-electron chi connectivity index (χ4n) is 2.08. The van der Waals surface area contributed by atoms with Crippen LogP contribution >= 0.6 is 0 Å². The third-order valence-corrected chi connectivity index (χ3v) is 3.26. The standard InChI is InChI=1S/C16H21N3O/c1-3-19(15-9-7-13(11-17)8-10-15)12-14-5-4-6-16(18-14)20-2/h4-10H,3,11-12,17H2,1-2H3. The number of benzene rings is 1. The molecule has 0 saturated heterocycles. The minimum absolute atomic E-state index is 0.573. The minimum atomic E-state index is 0.573. The van der Waals surface area contributed by atoms with Gasteiger partial charge in [0, 0.05) is 24.8 Å². The number of pyridine rings is 1. The number of nitrogens with two attached hydrogens (primary N) is 1. The summed E-state index contributed by atoms with van der Waals surface area (Å²) in [6.45, 7) is 4.39. The van der Waals surface area contributed by atoms with Crippen molar-refractivity contribution in [1.82, 2.24) is 4.98 Å². The lowest BCUT2D eigenvalue weighted by molar-refractivity contribution is 0.396. The van der Waals surface area contributed by atoms with E-state index in [4.69, 9.17) is 10.5 Å². The van der Waals surface area contributed by atoms with Crippen LogP contribution in [0.5, 0.6) is 5.88 Å². The highest BCUT2D eigenvalue weighted by atomic mass is 16.5. The fraction of sp³-hybridized carbons (Fsp3) is 0.312. The van der Waals surface area contributed by atoms with Gasteiger partial charge in [0.15, 0.2) is 0 Å². The predicted molar refractivity (Wildman–Crippen MR) is 81.8 cm³/mol. The number of hydrogen-bond donors (Lipinski definition) is 1. The van der Waals surface area contributed by atoms with Crippen LogP contribution in [0.3, 0.4) is 0 Å². The molecule has 1 aromatic heterocycles. The lowest BCUT2D eigenvalue weighted by Gasteiger charge is -2.23. The van der Waals surface area contributed by atoms with E-state index in [2.05, 4.69) is 41.1 Å². The number of hydrogen-bond acceptors (Lipinski definition) is 4.